The first kappa shape index (κ1) is 20.9. The fourth-order valence-corrected chi connectivity index (χ4v) is 8.46. The van der Waals surface area contributed by atoms with E-state index < -0.39 is 0 Å². The van der Waals surface area contributed by atoms with Gasteiger partial charge in [0.05, 0.1) is 11.4 Å². The number of aromatic nitrogens is 2. The Labute approximate surface area is 194 Å². The lowest BCUT2D eigenvalue weighted by Gasteiger charge is -2.60. The van der Waals surface area contributed by atoms with Gasteiger partial charge in [-0.05, 0) is 83.4 Å². The van der Waals surface area contributed by atoms with Gasteiger partial charge in [0.2, 0.25) is 0 Å². The number of nitrogens with zero attached hydrogens (tertiary/aromatic N) is 2. The van der Waals surface area contributed by atoms with Crippen molar-refractivity contribution in [1.82, 2.24) is 9.97 Å². The third-order valence-electron chi connectivity index (χ3n) is 10.5. The zero-order valence-electron chi connectivity index (χ0n) is 20.9. The summed E-state index contributed by atoms with van der Waals surface area (Å²) in [6, 6.07) is 9.36. The van der Waals surface area contributed by atoms with E-state index in [0.717, 1.165) is 23.2 Å². The average Bonchev–Trinajstić information content (AvgIpc) is 2.78. The molecule has 2 heterocycles. The summed E-state index contributed by atoms with van der Waals surface area (Å²) in [5, 5.41) is 0. The number of hydrogen-bond acceptors (Lipinski definition) is 2. The Balaban J connectivity index is 1.41. The second-order valence-electron chi connectivity index (χ2n) is 12.6. The van der Waals surface area contributed by atoms with Crippen molar-refractivity contribution in [2.24, 2.45) is 22.7 Å². The zero-order valence-corrected chi connectivity index (χ0v) is 20.9. The third kappa shape index (κ3) is 2.59. The van der Waals surface area contributed by atoms with Crippen LogP contribution in [0.4, 0.5) is 0 Å². The molecular formula is C30H40N2. The Morgan fingerprint density at radius 3 is 1.44 bits per heavy atom. The van der Waals surface area contributed by atoms with E-state index in [1.54, 1.807) is 0 Å². The molecule has 0 radical (unpaired) electrons. The summed E-state index contributed by atoms with van der Waals surface area (Å²) in [7, 11) is 0. The lowest BCUT2D eigenvalue weighted by molar-refractivity contribution is -0.0101. The Morgan fingerprint density at radius 2 is 1.09 bits per heavy atom. The molecule has 6 atom stereocenters. The van der Waals surface area contributed by atoms with Gasteiger partial charge in [-0.2, -0.15) is 0 Å². The van der Waals surface area contributed by atoms with Gasteiger partial charge in [0.1, 0.15) is 0 Å². The second kappa shape index (κ2) is 6.90. The van der Waals surface area contributed by atoms with E-state index in [1.165, 1.54) is 61.0 Å². The molecule has 2 fully saturated rings. The van der Waals surface area contributed by atoms with Crippen molar-refractivity contribution in [3.63, 3.8) is 0 Å². The Kier molecular flexibility index (Phi) is 4.50. The summed E-state index contributed by atoms with van der Waals surface area (Å²) in [6.07, 6.45) is 7.72. The molecule has 0 N–H and O–H groups in total. The van der Waals surface area contributed by atoms with Gasteiger partial charge < -0.3 is 0 Å². The minimum atomic E-state index is 0.432. The molecular weight excluding hydrogens is 388 g/mol. The van der Waals surface area contributed by atoms with Crippen LogP contribution in [-0.2, 0) is 0 Å². The number of hydrogen-bond donors (Lipinski definition) is 0. The first-order valence-electron chi connectivity index (χ1n) is 13.3. The van der Waals surface area contributed by atoms with E-state index in [-0.39, 0.29) is 0 Å². The van der Waals surface area contributed by atoms with E-state index in [4.69, 9.17) is 9.97 Å². The molecule has 0 aromatic carbocycles. The SMILES string of the molecule is CCC[C@@H]1c2nc(-c3ccc4c(n3)[C@@H](CCC)[C@H]3C[C@@H]4C3(C)C)ccc2[C@@H]2C[C@H]1C2(C)C. The molecule has 32 heavy (non-hydrogen) atoms. The highest BCUT2D eigenvalue weighted by molar-refractivity contribution is 5.59. The minimum absolute atomic E-state index is 0.432. The second-order valence-corrected chi connectivity index (χ2v) is 12.6. The smallest absolute Gasteiger partial charge is 0.0889 e. The first-order chi connectivity index (χ1) is 15.3. The van der Waals surface area contributed by atoms with E-state index in [0.29, 0.717) is 34.5 Å². The Hall–Kier alpha value is -1.70. The lowest BCUT2D eigenvalue weighted by Crippen LogP contribution is -2.50. The van der Waals surface area contributed by atoms with Crippen LogP contribution in [-0.4, -0.2) is 9.97 Å². The summed E-state index contributed by atoms with van der Waals surface area (Å²) < 4.78 is 0. The summed E-state index contributed by atoms with van der Waals surface area (Å²) in [4.78, 5) is 10.7. The van der Waals surface area contributed by atoms with Gasteiger partial charge >= 0.3 is 0 Å². The highest BCUT2D eigenvalue weighted by Gasteiger charge is 2.58. The molecule has 0 aliphatic heterocycles. The van der Waals surface area contributed by atoms with Crippen LogP contribution in [0.2, 0.25) is 0 Å². The maximum absolute atomic E-state index is 5.35. The highest BCUT2D eigenvalue weighted by atomic mass is 14.8. The molecule has 0 unspecified atom stereocenters. The fourth-order valence-electron chi connectivity index (χ4n) is 8.46. The van der Waals surface area contributed by atoms with Crippen LogP contribution in [0.3, 0.4) is 0 Å². The molecule has 6 aliphatic carbocycles. The standard InChI is InChI=1S/C30H40N2/c1-7-9-17-21-15-23(29(21,3)4)19-11-13-25(31-27(17)19)26-14-12-20-24-16-22(30(24,5)6)18(10-8-2)28(20)32-26/h11-14,17-18,21-24H,7-10,15-16H2,1-6H3/t17-,18-,21+,22+,23-,24-/m0/s1. The largest absolute Gasteiger partial charge is 0.251 e. The van der Waals surface area contributed by atoms with Crippen LogP contribution < -0.4 is 0 Å². The van der Waals surface area contributed by atoms with Crippen molar-refractivity contribution in [2.45, 2.75) is 104 Å². The predicted molar refractivity (Wildman–Crippen MR) is 132 cm³/mol. The van der Waals surface area contributed by atoms with Crippen molar-refractivity contribution >= 4 is 0 Å². The molecule has 2 saturated carbocycles. The molecule has 4 bridgehead atoms. The van der Waals surface area contributed by atoms with Gasteiger partial charge in [-0.25, -0.2) is 0 Å². The molecule has 6 aliphatic rings. The first-order valence-corrected chi connectivity index (χ1v) is 13.3. The molecule has 2 nitrogen and oxygen atoms in total. The minimum Gasteiger partial charge on any atom is -0.251 e. The molecule has 2 aromatic heterocycles. The quantitative estimate of drug-likeness (QED) is 0.479. The molecule has 0 saturated heterocycles. The number of pyridine rings is 2. The Morgan fingerprint density at radius 1 is 0.688 bits per heavy atom. The van der Waals surface area contributed by atoms with Crippen molar-refractivity contribution in [3.8, 4) is 11.4 Å². The van der Waals surface area contributed by atoms with Crippen LogP contribution >= 0.6 is 0 Å². The van der Waals surface area contributed by atoms with Gasteiger partial charge in [-0.3, -0.25) is 9.97 Å². The van der Waals surface area contributed by atoms with Crippen LogP contribution in [0.15, 0.2) is 24.3 Å². The molecule has 170 valence electrons. The average molecular weight is 429 g/mol. The van der Waals surface area contributed by atoms with E-state index in [9.17, 15) is 0 Å². The van der Waals surface area contributed by atoms with Crippen LogP contribution in [0.25, 0.3) is 11.4 Å². The molecule has 0 spiro atoms. The topological polar surface area (TPSA) is 25.8 Å². The maximum atomic E-state index is 5.35. The number of rotatable bonds is 5. The Bertz CT molecular complexity index is 979. The van der Waals surface area contributed by atoms with E-state index in [2.05, 4.69) is 65.8 Å². The van der Waals surface area contributed by atoms with Crippen LogP contribution in [0.5, 0.6) is 0 Å². The summed E-state index contributed by atoms with van der Waals surface area (Å²) in [5.41, 5.74) is 8.93. The summed E-state index contributed by atoms with van der Waals surface area (Å²) in [6.45, 7) is 14.6. The molecule has 0 amide bonds. The summed E-state index contributed by atoms with van der Waals surface area (Å²) in [5.74, 6) is 4.21. The van der Waals surface area contributed by atoms with Crippen molar-refractivity contribution in [1.29, 1.82) is 0 Å². The highest BCUT2D eigenvalue weighted by Crippen LogP contribution is 2.68. The zero-order chi connectivity index (χ0) is 22.4. The molecule has 2 aromatic rings. The van der Waals surface area contributed by atoms with Crippen LogP contribution in [0.1, 0.15) is 126 Å². The van der Waals surface area contributed by atoms with Gasteiger partial charge in [-0.1, -0.05) is 66.5 Å². The van der Waals surface area contributed by atoms with Crippen LogP contribution in [0, 0.1) is 22.7 Å². The van der Waals surface area contributed by atoms with Gasteiger partial charge in [-0.15, -0.1) is 0 Å². The van der Waals surface area contributed by atoms with Crippen molar-refractivity contribution in [3.05, 3.63) is 46.8 Å². The third-order valence-corrected chi connectivity index (χ3v) is 10.5. The van der Waals surface area contributed by atoms with E-state index in [1.807, 2.05) is 0 Å². The maximum Gasteiger partial charge on any atom is 0.0889 e. The fraction of sp³-hybridized carbons (Fsp3) is 0.667. The van der Waals surface area contributed by atoms with Crippen molar-refractivity contribution in [2.75, 3.05) is 0 Å². The monoisotopic (exact) mass is 428 g/mol. The van der Waals surface area contributed by atoms with E-state index >= 15 is 0 Å². The summed E-state index contributed by atoms with van der Waals surface area (Å²) >= 11 is 0. The molecule has 2 heteroatoms. The van der Waals surface area contributed by atoms with Gasteiger partial charge in [0.15, 0.2) is 0 Å². The van der Waals surface area contributed by atoms with Gasteiger partial charge in [0, 0.05) is 23.2 Å². The predicted octanol–water partition coefficient (Wildman–Crippen LogP) is 8.20. The lowest BCUT2D eigenvalue weighted by atomic mass is 9.44. The van der Waals surface area contributed by atoms with Gasteiger partial charge in [0.25, 0.3) is 0 Å². The van der Waals surface area contributed by atoms with Crippen molar-refractivity contribution < 1.29 is 0 Å². The normalized spacial score (nSPS) is 34.7. The molecule has 8 rings (SSSR count).